The van der Waals surface area contributed by atoms with Crippen LogP contribution < -0.4 is 5.56 Å². The Morgan fingerprint density at radius 2 is 1.95 bits per heavy atom. The standard InChI is InChI=1S/C17H20N2OS/c1-2-21-14-9-7-13(8-10-14)17-18-15(11-16(20)19-17)12-5-3-4-6-12/h7-12H,2-6H2,1H3,(H,18,19,20). The number of nitrogens with one attached hydrogen (secondary N) is 1. The predicted octanol–water partition coefficient (Wildman–Crippen LogP) is 4.21. The van der Waals surface area contributed by atoms with E-state index in [2.05, 4.69) is 24.0 Å². The van der Waals surface area contributed by atoms with Crippen LogP contribution in [0.4, 0.5) is 0 Å². The van der Waals surface area contributed by atoms with Crippen LogP contribution in [0.2, 0.25) is 0 Å². The molecule has 1 aromatic carbocycles. The van der Waals surface area contributed by atoms with Gasteiger partial charge in [0.15, 0.2) is 0 Å². The molecule has 1 aliphatic rings. The van der Waals surface area contributed by atoms with Gasteiger partial charge in [-0.05, 0) is 30.7 Å². The monoisotopic (exact) mass is 300 g/mol. The summed E-state index contributed by atoms with van der Waals surface area (Å²) in [5.74, 6) is 2.21. The van der Waals surface area contributed by atoms with Crippen molar-refractivity contribution in [3.8, 4) is 11.4 Å². The number of benzene rings is 1. The molecule has 3 rings (SSSR count). The normalized spacial score (nSPS) is 15.5. The highest BCUT2D eigenvalue weighted by Gasteiger charge is 2.19. The number of thioether (sulfide) groups is 1. The van der Waals surface area contributed by atoms with E-state index in [1.807, 2.05) is 23.9 Å². The van der Waals surface area contributed by atoms with E-state index in [4.69, 9.17) is 4.98 Å². The molecule has 4 heteroatoms. The van der Waals surface area contributed by atoms with Crippen LogP contribution in [0.25, 0.3) is 11.4 Å². The van der Waals surface area contributed by atoms with Crippen molar-refractivity contribution in [2.75, 3.05) is 5.75 Å². The Balaban J connectivity index is 1.92. The van der Waals surface area contributed by atoms with Gasteiger partial charge in [-0.25, -0.2) is 4.98 Å². The van der Waals surface area contributed by atoms with E-state index < -0.39 is 0 Å². The summed E-state index contributed by atoms with van der Waals surface area (Å²) in [6.45, 7) is 2.14. The fourth-order valence-electron chi connectivity index (χ4n) is 2.92. The number of hydrogen-bond acceptors (Lipinski definition) is 3. The zero-order valence-electron chi connectivity index (χ0n) is 12.3. The smallest absolute Gasteiger partial charge is 0.251 e. The Kier molecular flexibility index (Phi) is 4.44. The van der Waals surface area contributed by atoms with Crippen LogP contribution in [0.3, 0.4) is 0 Å². The first-order valence-corrected chi connectivity index (χ1v) is 8.59. The van der Waals surface area contributed by atoms with Gasteiger partial charge in [-0.2, -0.15) is 0 Å². The molecule has 1 aromatic heterocycles. The average molecular weight is 300 g/mol. The molecule has 1 saturated carbocycles. The lowest BCUT2D eigenvalue weighted by molar-refractivity contribution is 0.693. The van der Waals surface area contributed by atoms with Gasteiger partial charge in [-0.1, -0.05) is 31.9 Å². The number of H-pyrrole nitrogens is 1. The largest absolute Gasteiger partial charge is 0.307 e. The summed E-state index contributed by atoms with van der Waals surface area (Å²) in [4.78, 5) is 20.7. The van der Waals surface area contributed by atoms with E-state index in [0.717, 1.165) is 29.9 Å². The molecule has 0 unspecified atom stereocenters. The molecule has 2 aromatic rings. The molecule has 1 aliphatic carbocycles. The van der Waals surface area contributed by atoms with Crippen LogP contribution in [0.5, 0.6) is 0 Å². The molecule has 0 aliphatic heterocycles. The number of aromatic amines is 1. The van der Waals surface area contributed by atoms with Crippen molar-refractivity contribution in [2.24, 2.45) is 0 Å². The second-order valence-electron chi connectivity index (χ2n) is 5.46. The van der Waals surface area contributed by atoms with Crippen LogP contribution in [0.15, 0.2) is 40.0 Å². The van der Waals surface area contributed by atoms with Gasteiger partial charge in [-0.3, -0.25) is 4.79 Å². The zero-order valence-corrected chi connectivity index (χ0v) is 13.1. The van der Waals surface area contributed by atoms with E-state index in [0.29, 0.717) is 11.7 Å². The third-order valence-corrected chi connectivity index (χ3v) is 4.87. The Hall–Kier alpha value is -1.55. The fourth-order valence-corrected chi connectivity index (χ4v) is 3.58. The van der Waals surface area contributed by atoms with E-state index >= 15 is 0 Å². The molecule has 1 heterocycles. The highest BCUT2D eigenvalue weighted by Crippen LogP contribution is 2.33. The molecular weight excluding hydrogens is 280 g/mol. The summed E-state index contributed by atoms with van der Waals surface area (Å²) < 4.78 is 0. The first-order valence-electron chi connectivity index (χ1n) is 7.61. The Morgan fingerprint density at radius 3 is 2.62 bits per heavy atom. The lowest BCUT2D eigenvalue weighted by Gasteiger charge is -2.10. The first-order chi connectivity index (χ1) is 10.3. The molecule has 3 nitrogen and oxygen atoms in total. The molecule has 0 spiro atoms. The molecule has 0 amide bonds. The topological polar surface area (TPSA) is 45.8 Å². The van der Waals surface area contributed by atoms with Gasteiger partial charge < -0.3 is 4.98 Å². The fraction of sp³-hybridized carbons (Fsp3) is 0.412. The molecule has 0 bridgehead atoms. The minimum absolute atomic E-state index is 0.0473. The van der Waals surface area contributed by atoms with E-state index in [1.54, 1.807) is 6.07 Å². The van der Waals surface area contributed by atoms with E-state index in [9.17, 15) is 4.79 Å². The molecule has 0 saturated heterocycles. The number of rotatable bonds is 4. The molecular formula is C17H20N2OS. The second kappa shape index (κ2) is 6.48. The van der Waals surface area contributed by atoms with Crippen LogP contribution in [0, 0.1) is 0 Å². The van der Waals surface area contributed by atoms with Gasteiger partial charge in [0.2, 0.25) is 0 Å². The van der Waals surface area contributed by atoms with Crippen molar-refractivity contribution < 1.29 is 0 Å². The van der Waals surface area contributed by atoms with Crippen molar-refractivity contribution in [3.63, 3.8) is 0 Å². The highest BCUT2D eigenvalue weighted by atomic mass is 32.2. The summed E-state index contributed by atoms with van der Waals surface area (Å²) in [5.41, 5.74) is 1.89. The quantitative estimate of drug-likeness (QED) is 0.860. The van der Waals surface area contributed by atoms with E-state index in [-0.39, 0.29) is 5.56 Å². The van der Waals surface area contributed by atoms with Gasteiger partial charge >= 0.3 is 0 Å². The van der Waals surface area contributed by atoms with Crippen molar-refractivity contribution in [1.29, 1.82) is 0 Å². The first kappa shape index (κ1) is 14.4. The molecule has 0 atom stereocenters. The van der Waals surface area contributed by atoms with Crippen LogP contribution >= 0.6 is 11.8 Å². The van der Waals surface area contributed by atoms with Gasteiger partial charge in [0, 0.05) is 22.4 Å². The number of hydrogen-bond donors (Lipinski definition) is 1. The van der Waals surface area contributed by atoms with Crippen molar-refractivity contribution in [2.45, 2.75) is 43.4 Å². The zero-order chi connectivity index (χ0) is 14.7. The molecule has 1 N–H and O–H groups in total. The van der Waals surface area contributed by atoms with Crippen LogP contribution in [0.1, 0.15) is 44.2 Å². The highest BCUT2D eigenvalue weighted by molar-refractivity contribution is 7.99. The van der Waals surface area contributed by atoms with Crippen molar-refractivity contribution in [1.82, 2.24) is 9.97 Å². The third kappa shape index (κ3) is 3.38. The molecule has 21 heavy (non-hydrogen) atoms. The minimum atomic E-state index is -0.0473. The Bertz CT molecular complexity index is 657. The SMILES string of the molecule is CCSc1ccc(-c2nc(C3CCCC3)cc(=O)[nH]2)cc1. The maximum absolute atomic E-state index is 11.9. The molecule has 0 radical (unpaired) electrons. The summed E-state index contributed by atoms with van der Waals surface area (Å²) in [6.07, 6.45) is 4.80. The molecule has 1 fully saturated rings. The number of nitrogens with zero attached hydrogens (tertiary/aromatic N) is 1. The van der Waals surface area contributed by atoms with Gasteiger partial charge in [0.1, 0.15) is 5.82 Å². The van der Waals surface area contributed by atoms with Crippen LogP contribution in [-0.4, -0.2) is 15.7 Å². The van der Waals surface area contributed by atoms with Crippen molar-refractivity contribution >= 4 is 11.8 Å². The second-order valence-corrected chi connectivity index (χ2v) is 6.80. The third-order valence-electron chi connectivity index (χ3n) is 3.97. The Morgan fingerprint density at radius 1 is 1.24 bits per heavy atom. The summed E-state index contributed by atoms with van der Waals surface area (Å²) in [5, 5.41) is 0. The van der Waals surface area contributed by atoms with Crippen molar-refractivity contribution in [3.05, 3.63) is 46.4 Å². The maximum atomic E-state index is 11.9. The predicted molar refractivity (Wildman–Crippen MR) is 87.9 cm³/mol. The summed E-state index contributed by atoms with van der Waals surface area (Å²) in [7, 11) is 0. The van der Waals surface area contributed by atoms with Gasteiger partial charge in [0.05, 0.1) is 5.69 Å². The lowest BCUT2D eigenvalue weighted by Crippen LogP contribution is -2.12. The van der Waals surface area contributed by atoms with E-state index in [1.165, 1.54) is 17.7 Å². The number of aromatic nitrogens is 2. The van der Waals surface area contributed by atoms with Crippen LogP contribution in [-0.2, 0) is 0 Å². The lowest BCUT2D eigenvalue weighted by atomic mass is 10.0. The van der Waals surface area contributed by atoms with Gasteiger partial charge in [-0.15, -0.1) is 11.8 Å². The minimum Gasteiger partial charge on any atom is -0.307 e. The maximum Gasteiger partial charge on any atom is 0.251 e. The summed E-state index contributed by atoms with van der Waals surface area (Å²) >= 11 is 1.81. The Labute approximate surface area is 129 Å². The molecule has 110 valence electrons. The van der Waals surface area contributed by atoms with Gasteiger partial charge in [0.25, 0.3) is 5.56 Å². The average Bonchev–Trinajstić information content (AvgIpc) is 3.02. The summed E-state index contributed by atoms with van der Waals surface area (Å²) in [6, 6.07) is 9.92.